The number of H-pyrrole nitrogens is 1. The standard InChI is InChI=1S/C23H26N8OS/c1-4-5-6-7-8-16(14(2)24)18(25)13-31-23(32)20-17(12-27-31)21-22(30(20)3)28-19(33-21)11-15-9-10-26-29-15/h6-10,12,25H,2,4-5,11,13,24H2,1,3H3,(H,26,29)/b7-6-,16-8+,25-18?. The number of hydrogen-bond acceptors (Lipinski definition) is 7. The van der Waals surface area contributed by atoms with Crippen molar-refractivity contribution in [1.82, 2.24) is 29.5 Å². The van der Waals surface area contributed by atoms with Crippen molar-refractivity contribution in [3.05, 3.63) is 75.6 Å². The molecule has 9 nitrogen and oxygen atoms in total. The van der Waals surface area contributed by atoms with Crippen LogP contribution in [0.2, 0.25) is 0 Å². The third-order valence-electron chi connectivity index (χ3n) is 5.30. The molecule has 0 fully saturated rings. The fraction of sp³-hybridized carbons (Fsp3) is 0.261. The van der Waals surface area contributed by atoms with Crippen LogP contribution >= 0.6 is 11.3 Å². The van der Waals surface area contributed by atoms with Crippen molar-refractivity contribution in [2.45, 2.75) is 32.7 Å². The maximum absolute atomic E-state index is 13.2. The zero-order chi connectivity index (χ0) is 23.5. The van der Waals surface area contributed by atoms with E-state index in [9.17, 15) is 4.79 Å². The van der Waals surface area contributed by atoms with E-state index in [0.717, 1.165) is 39.3 Å². The molecule has 0 unspecified atom stereocenters. The smallest absolute Gasteiger partial charge is 0.291 e. The van der Waals surface area contributed by atoms with Crippen LogP contribution in [0, 0.1) is 5.41 Å². The Labute approximate surface area is 194 Å². The number of fused-ring (bicyclic) bond motifs is 3. The Morgan fingerprint density at radius 2 is 2.24 bits per heavy atom. The number of hydrogen-bond donors (Lipinski definition) is 3. The van der Waals surface area contributed by atoms with Crippen LogP contribution in [0.3, 0.4) is 0 Å². The first-order valence-electron chi connectivity index (χ1n) is 10.6. The lowest BCUT2D eigenvalue weighted by Crippen LogP contribution is -2.28. The number of aromatic amines is 1. The molecule has 0 amide bonds. The lowest BCUT2D eigenvalue weighted by Gasteiger charge is -2.10. The van der Waals surface area contributed by atoms with E-state index in [0.29, 0.717) is 17.5 Å². The summed E-state index contributed by atoms with van der Waals surface area (Å²) in [5.41, 5.74) is 8.81. The lowest BCUT2D eigenvalue weighted by atomic mass is 10.1. The van der Waals surface area contributed by atoms with Gasteiger partial charge in [-0.25, -0.2) is 9.67 Å². The molecule has 4 rings (SSSR count). The van der Waals surface area contributed by atoms with Crippen LogP contribution in [0.25, 0.3) is 21.3 Å². The van der Waals surface area contributed by atoms with Crippen LogP contribution in [-0.4, -0.2) is 35.2 Å². The van der Waals surface area contributed by atoms with Gasteiger partial charge < -0.3 is 15.7 Å². The minimum atomic E-state index is -0.274. The number of unbranched alkanes of at least 4 members (excludes halogenated alkanes) is 1. The Balaban J connectivity index is 1.66. The highest BCUT2D eigenvalue weighted by Crippen LogP contribution is 2.31. The lowest BCUT2D eigenvalue weighted by molar-refractivity contribution is 0.674. The number of aryl methyl sites for hydroxylation is 1. The molecule has 170 valence electrons. The van der Waals surface area contributed by atoms with Gasteiger partial charge in [0.15, 0.2) is 5.65 Å². The summed E-state index contributed by atoms with van der Waals surface area (Å²) in [6.07, 6.45) is 11.6. The van der Waals surface area contributed by atoms with Gasteiger partial charge in [0.05, 0.1) is 23.2 Å². The van der Waals surface area contributed by atoms with E-state index in [4.69, 9.17) is 16.1 Å². The summed E-state index contributed by atoms with van der Waals surface area (Å²) in [7, 11) is 1.83. The van der Waals surface area contributed by atoms with Gasteiger partial charge in [0.2, 0.25) is 0 Å². The van der Waals surface area contributed by atoms with E-state index in [-0.39, 0.29) is 23.5 Å². The summed E-state index contributed by atoms with van der Waals surface area (Å²) < 4.78 is 4.01. The first-order chi connectivity index (χ1) is 15.9. The van der Waals surface area contributed by atoms with Crippen molar-refractivity contribution in [1.29, 1.82) is 5.41 Å². The van der Waals surface area contributed by atoms with E-state index < -0.39 is 0 Å². The number of nitrogens with zero attached hydrogens (tertiary/aromatic N) is 5. The predicted molar refractivity (Wildman–Crippen MR) is 133 cm³/mol. The molecule has 0 saturated carbocycles. The molecule has 4 N–H and O–H groups in total. The summed E-state index contributed by atoms with van der Waals surface area (Å²) >= 11 is 1.54. The Morgan fingerprint density at radius 3 is 2.94 bits per heavy atom. The molecule has 0 atom stereocenters. The zero-order valence-electron chi connectivity index (χ0n) is 18.6. The van der Waals surface area contributed by atoms with Crippen LogP contribution < -0.4 is 11.3 Å². The number of nitrogens with two attached hydrogens (primary N) is 1. The van der Waals surface area contributed by atoms with Gasteiger partial charge in [-0.3, -0.25) is 9.89 Å². The monoisotopic (exact) mass is 462 g/mol. The highest BCUT2D eigenvalue weighted by molar-refractivity contribution is 7.19. The molecule has 0 aromatic carbocycles. The molecule has 4 aromatic rings. The van der Waals surface area contributed by atoms with E-state index in [1.54, 1.807) is 34.4 Å². The molecule has 4 aromatic heterocycles. The quantitative estimate of drug-likeness (QED) is 0.259. The Morgan fingerprint density at radius 1 is 1.42 bits per heavy atom. The average molecular weight is 463 g/mol. The molecule has 0 aliphatic carbocycles. The number of thiazole rings is 1. The van der Waals surface area contributed by atoms with Gasteiger partial charge in [0.25, 0.3) is 5.56 Å². The van der Waals surface area contributed by atoms with Crippen LogP contribution in [0.1, 0.15) is 30.5 Å². The highest BCUT2D eigenvalue weighted by atomic mass is 32.1. The topological polar surface area (TPSA) is 131 Å². The van der Waals surface area contributed by atoms with Gasteiger partial charge in [-0.15, -0.1) is 11.3 Å². The molecule has 33 heavy (non-hydrogen) atoms. The first kappa shape index (κ1) is 22.4. The molecular formula is C23H26N8OS. The van der Waals surface area contributed by atoms with Gasteiger partial charge in [-0.05, 0) is 12.5 Å². The predicted octanol–water partition coefficient (Wildman–Crippen LogP) is 3.43. The maximum atomic E-state index is 13.2. The van der Waals surface area contributed by atoms with Gasteiger partial charge in [0.1, 0.15) is 10.5 Å². The largest absolute Gasteiger partial charge is 0.399 e. The summed E-state index contributed by atoms with van der Waals surface area (Å²) in [5.74, 6) is 0. The summed E-state index contributed by atoms with van der Waals surface area (Å²) in [4.78, 5) is 18.0. The van der Waals surface area contributed by atoms with Crippen molar-refractivity contribution in [2.75, 3.05) is 0 Å². The number of rotatable bonds is 9. The molecule has 0 aliphatic rings. The maximum Gasteiger partial charge on any atom is 0.291 e. The Hall–Kier alpha value is -3.79. The first-order valence-corrected chi connectivity index (χ1v) is 11.4. The van der Waals surface area contributed by atoms with Gasteiger partial charge >= 0.3 is 0 Å². The van der Waals surface area contributed by atoms with E-state index in [1.165, 1.54) is 4.68 Å². The van der Waals surface area contributed by atoms with Gasteiger partial charge in [0, 0.05) is 42.0 Å². The van der Waals surface area contributed by atoms with Crippen molar-refractivity contribution < 1.29 is 0 Å². The van der Waals surface area contributed by atoms with Crippen molar-refractivity contribution in [3.8, 4) is 0 Å². The molecule has 10 heteroatoms. The average Bonchev–Trinajstić information content (AvgIpc) is 3.49. The van der Waals surface area contributed by atoms with E-state index in [1.807, 2.05) is 25.3 Å². The van der Waals surface area contributed by atoms with Crippen LogP contribution in [0.4, 0.5) is 0 Å². The Bertz CT molecular complexity index is 1450. The Kier molecular flexibility index (Phi) is 6.36. The third kappa shape index (κ3) is 4.42. The third-order valence-corrected chi connectivity index (χ3v) is 6.38. The fourth-order valence-corrected chi connectivity index (χ4v) is 4.76. The summed E-state index contributed by atoms with van der Waals surface area (Å²) in [5, 5.41) is 21.4. The molecule has 4 heterocycles. The number of aromatic nitrogens is 6. The van der Waals surface area contributed by atoms with Crippen molar-refractivity contribution in [3.63, 3.8) is 0 Å². The van der Waals surface area contributed by atoms with E-state index >= 15 is 0 Å². The van der Waals surface area contributed by atoms with E-state index in [2.05, 4.69) is 28.8 Å². The molecular weight excluding hydrogens is 436 g/mol. The molecule has 0 saturated heterocycles. The van der Waals surface area contributed by atoms with Crippen LogP contribution in [0.15, 0.2) is 59.3 Å². The zero-order valence-corrected chi connectivity index (χ0v) is 19.4. The summed E-state index contributed by atoms with van der Waals surface area (Å²) in [6.45, 7) is 5.86. The number of nitrogens with one attached hydrogen (secondary N) is 2. The second-order valence-electron chi connectivity index (χ2n) is 7.75. The minimum absolute atomic E-state index is 0.00419. The second kappa shape index (κ2) is 9.37. The van der Waals surface area contributed by atoms with Crippen LogP contribution in [0.5, 0.6) is 0 Å². The molecule has 0 bridgehead atoms. The SMILES string of the molecule is C=C(N)/C(=C\C=C/CCC)C(=N)Cn1ncc2c3sc(Cc4ccn[nH]4)nc3n(C)c2c1=O. The van der Waals surface area contributed by atoms with Crippen LogP contribution in [-0.2, 0) is 20.0 Å². The number of allylic oxidation sites excluding steroid dienone is 4. The fourth-order valence-electron chi connectivity index (χ4n) is 3.63. The normalized spacial score (nSPS) is 12.4. The van der Waals surface area contributed by atoms with Gasteiger partial charge in [-0.1, -0.05) is 38.2 Å². The molecule has 0 aliphatic heterocycles. The summed E-state index contributed by atoms with van der Waals surface area (Å²) in [6, 6.07) is 1.91. The van der Waals surface area contributed by atoms with Crippen molar-refractivity contribution >= 4 is 38.3 Å². The second-order valence-corrected chi connectivity index (χ2v) is 8.83. The molecule has 0 radical (unpaired) electrons. The minimum Gasteiger partial charge on any atom is -0.399 e. The van der Waals surface area contributed by atoms with Crippen molar-refractivity contribution in [2.24, 2.45) is 12.8 Å². The van der Waals surface area contributed by atoms with Gasteiger partial charge in [-0.2, -0.15) is 10.2 Å². The highest BCUT2D eigenvalue weighted by Gasteiger charge is 2.19. The molecule has 0 spiro atoms.